The van der Waals surface area contributed by atoms with E-state index in [1.165, 1.54) is 86.9 Å². The molecule has 194 valence electrons. The summed E-state index contributed by atoms with van der Waals surface area (Å²) >= 11 is 0. The molecule has 0 fully saturated rings. The highest BCUT2D eigenvalue weighted by Crippen LogP contribution is 2.38. The summed E-state index contributed by atoms with van der Waals surface area (Å²) in [5.41, 5.74) is 5.01. The maximum Gasteiger partial charge on any atom is -0.00988 e. The van der Waals surface area contributed by atoms with Gasteiger partial charge in [-0.1, -0.05) is 133 Å². The average molecular weight is 531 g/mol. The molecule has 0 saturated heterocycles. The molecule has 9 rings (SSSR count). The third-order valence-corrected chi connectivity index (χ3v) is 8.99. The van der Waals surface area contributed by atoms with Crippen LogP contribution in [0.3, 0.4) is 0 Å². The fraction of sp³-hybridized carbons (Fsp3) is 0. The zero-order chi connectivity index (χ0) is 27.6. The van der Waals surface area contributed by atoms with Crippen molar-refractivity contribution in [3.63, 3.8) is 0 Å². The van der Waals surface area contributed by atoms with Gasteiger partial charge >= 0.3 is 0 Å². The van der Waals surface area contributed by atoms with Crippen LogP contribution in [0.1, 0.15) is 0 Å². The van der Waals surface area contributed by atoms with Crippen LogP contribution in [0, 0.1) is 0 Å². The molecule has 0 aliphatic heterocycles. The first-order chi connectivity index (χ1) is 20.8. The molecule has 0 radical (unpaired) electrons. The van der Waals surface area contributed by atoms with Gasteiger partial charge in [-0.2, -0.15) is 0 Å². The Morgan fingerprint density at radius 3 is 1.07 bits per heavy atom. The normalized spacial score (nSPS) is 11.8. The predicted molar refractivity (Wildman–Crippen MR) is 182 cm³/mol. The molecule has 0 bridgehead atoms. The first-order valence-electron chi connectivity index (χ1n) is 14.6. The Balaban J connectivity index is 1.20. The summed E-state index contributed by atoms with van der Waals surface area (Å²) in [6.45, 7) is 0. The van der Waals surface area contributed by atoms with E-state index in [9.17, 15) is 0 Å². The number of hydrogen-bond donors (Lipinski definition) is 0. The van der Waals surface area contributed by atoms with Crippen LogP contribution in [0.4, 0.5) is 0 Å². The van der Waals surface area contributed by atoms with Crippen LogP contribution < -0.4 is 0 Å². The summed E-state index contributed by atoms with van der Waals surface area (Å²) in [4.78, 5) is 0. The molecular formula is C42H26. The highest BCUT2D eigenvalue weighted by molar-refractivity contribution is 6.15. The average Bonchev–Trinajstić information content (AvgIpc) is 3.06. The number of fused-ring (bicyclic) bond motifs is 8. The molecule has 9 aromatic carbocycles. The first-order valence-corrected chi connectivity index (χ1v) is 14.6. The van der Waals surface area contributed by atoms with Gasteiger partial charge in [-0.25, -0.2) is 0 Å². The molecule has 0 unspecified atom stereocenters. The molecule has 0 N–H and O–H groups in total. The van der Waals surface area contributed by atoms with Gasteiger partial charge in [0.15, 0.2) is 0 Å². The van der Waals surface area contributed by atoms with Crippen LogP contribution in [0.2, 0.25) is 0 Å². The minimum Gasteiger partial charge on any atom is -0.0616 e. The summed E-state index contributed by atoms with van der Waals surface area (Å²) in [6.07, 6.45) is 0. The van der Waals surface area contributed by atoms with Gasteiger partial charge in [0, 0.05) is 0 Å². The van der Waals surface area contributed by atoms with Gasteiger partial charge < -0.3 is 0 Å². The van der Waals surface area contributed by atoms with Gasteiger partial charge in [-0.05, 0) is 111 Å². The molecule has 9 aromatic rings. The summed E-state index contributed by atoms with van der Waals surface area (Å²) in [6, 6.07) is 58.2. The Labute approximate surface area is 244 Å². The largest absolute Gasteiger partial charge is 0.0616 e. The Morgan fingerprint density at radius 2 is 0.595 bits per heavy atom. The van der Waals surface area contributed by atoms with Gasteiger partial charge in [-0.3, -0.25) is 0 Å². The molecule has 0 amide bonds. The monoisotopic (exact) mass is 530 g/mol. The molecule has 0 spiro atoms. The number of rotatable bonds is 2. The van der Waals surface area contributed by atoms with Crippen LogP contribution in [-0.4, -0.2) is 0 Å². The van der Waals surface area contributed by atoms with E-state index >= 15 is 0 Å². The Hall–Kier alpha value is -5.46. The third kappa shape index (κ3) is 3.56. The van der Waals surface area contributed by atoms with Gasteiger partial charge in [-0.15, -0.1) is 0 Å². The highest BCUT2D eigenvalue weighted by Gasteiger charge is 2.11. The smallest absolute Gasteiger partial charge is 0.00988 e. The van der Waals surface area contributed by atoms with E-state index in [4.69, 9.17) is 0 Å². The van der Waals surface area contributed by atoms with E-state index in [2.05, 4.69) is 158 Å². The van der Waals surface area contributed by atoms with Crippen molar-refractivity contribution in [2.75, 3.05) is 0 Å². The molecule has 0 aliphatic rings. The molecule has 0 aromatic heterocycles. The Kier molecular flexibility index (Phi) is 5.00. The second-order valence-corrected chi connectivity index (χ2v) is 11.4. The van der Waals surface area contributed by atoms with Crippen molar-refractivity contribution in [3.05, 3.63) is 158 Å². The molecule has 42 heavy (non-hydrogen) atoms. The van der Waals surface area contributed by atoms with Crippen LogP contribution in [-0.2, 0) is 0 Å². The zero-order valence-corrected chi connectivity index (χ0v) is 23.0. The van der Waals surface area contributed by atoms with Crippen LogP contribution in [0.25, 0.3) is 86.9 Å². The lowest BCUT2D eigenvalue weighted by atomic mass is 9.91. The summed E-state index contributed by atoms with van der Waals surface area (Å²) in [7, 11) is 0. The lowest BCUT2D eigenvalue weighted by molar-refractivity contribution is 1.63. The predicted octanol–water partition coefficient (Wildman–Crippen LogP) is 11.9. The third-order valence-electron chi connectivity index (χ3n) is 8.99. The Morgan fingerprint density at radius 1 is 0.214 bits per heavy atom. The molecule has 0 saturated carbocycles. The standard InChI is InChI=1S/C42H26/c1-3-11-35-27(7-1)19-21-33-23-31-9-5-13-37(39(31)25-41(33)35)29-15-17-30(18-16-29)38-14-6-10-32-24-34-22-20-28-8-2-4-12-36(28)42(34)26-40(32)38/h1-26H. The van der Waals surface area contributed by atoms with Crippen molar-refractivity contribution in [2.45, 2.75) is 0 Å². The Bertz CT molecular complexity index is 2320. The minimum atomic E-state index is 1.24. The molecule has 0 nitrogen and oxygen atoms in total. The summed E-state index contributed by atoms with van der Waals surface area (Å²) in [5.74, 6) is 0. The molecule has 0 heteroatoms. The van der Waals surface area contributed by atoms with E-state index in [1.807, 2.05) is 0 Å². The fourth-order valence-corrected chi connectivity index (χ4v) is 6.90. The van der Waals surface area contributed by atoms with Crippen molar-refractivity contribution in [3.8, 4) is 22.3 Å². The maximum atomic E-state index is 2.39. The molecule has 0 atom stereocenters. The zero-order valence-electron chi connectivity index (χ0n) is 23.0. The van der Waals surface area contributed by atoms with Crippen molar-refractivity contribution >= 4 is 64.6 Å². The quantitative estimate of drug-likeness (QED) is 0.154. The topological polar surface area (TPSA) is 0 Å². The number of benzene rings is 9. The molecular weight excluding hydrogens is 504 g/mol. The van der Waals surface area contributed by atoms with Gasteiger partial charge in [0.25, 0.3) is 0 Å². The van der Waals surface area contributed by atoms with E-state index < -0.39 is 0 Å². The van der Waals surface area contributed by atoms with E-state index in [0.717, 1.165) is 0 Å². The first kappa shape index (κ1) is 23.3. The lowest BCUT2D eigenvalue weighted by Gasteiger charge is -2.13. The van der Waals surface area contributed by atoms with Crippen molar-refractivity contribution in [1.82, 2.24) is 0 Å². The van der Waals surface area contributed by atoms with Crippen LogP contribution in [0.5, 0.6) is 0 Å². The summed E-state index contributed by atoms with van der Waals surface area (Å²) in [5, 5.41) is 15.5. The van der Waals surface area contributed by atoms with Crippen molar-refractivity contribution < 1.29 is 0 Å². The van der Waals surface area contributed by atoms with Crippen molar-refractivity contribution in [1.29, 1.82) is 0 Å². The highest BCUT2D eigenvalue weighted by atomic mass is 14.1. The van der Waals surface area contributed by atoms with E-state index in [0.29, 0.717) is 0 Å². The fourth-order valence-electron chi connectivity index (χ4n) is 6.90. The SMILES string of the molecule is c1cc(-c2ccc(-c3cccc4cc5ccc6ccccc6c5cc34)cc2)c2cc3c(ccc4ccccc43)cc2c1. The molecule has 0 aliphatic carbocycles. The minimum absolute atomic E-state index is 1.24. The van der Waals surface area contributed by atoms with Crippen molar-refractivity contribution in [2.24, 2.45) is 0 Å². The lowest BCUT2D eigenvalue weighted by Crippen LogP contribution is -1.86. The van der Waals surface area contributed by atoms with Gasteiger partial charge in [0.05, 0.1) is 0 Å². The van der Waals surface area contributed by atoms with Crippen LogP contribution in [0.15, 0.2) is 158 Å². The van der Waals surface area contributed by atoms with Crippen LogP contribution >= 0.6 is 0 Å². The van der Waals surface area contributed by atoms with E-state index in [-0.39, 0.29) is 0 Å². The van der Waals surface area contributed by atoms with Gasteiger partial charge in [0.2, 0.25) is 0 Å². The second-order valence-electron chi connectivity index (χ2n) is 11.4. The van der Waals surface area contributed by atoms with E-state index in [1.54, 1.807) is 0 Å². The summed E-state index contributed by atoms with van der Waals surface area (Å²) < 4.78 is 0. The van der Waals surface area contributed by atoms with Gasteiger partial charge in [0.1, 0.15) is 0 Å². The maximum absolute atomic E-state index is 2.39. The number of hydrogen-bond acceptors (Lipinski definition) is 0. The molecule has 0 heterocycles. The second kappa shape index (κ2) is 9.03.